The highest BCUT2D eigenvalue weighted by Gasteiger charge is 2.18. The number of aromatic nitrogens is 4. The van der Waals surface area contributed by atoms with Crippen molar-refractivity contribution < 1.29 is 0 Å². The Balaban J connectivity index is 1.47. The largest absolute Gasteiger partial charge is 0.354 e. The fraction of sp³-hybridized carbons (Fsp3) is 0.0222. The first-order valence-electron chi connectivity index (χ1n) is 16.7. The van der Waals surface area contributed by atoms with Crippen LogP contribution in [0.2, 0.25) is 0 Å². The van der Waals surface area contributed by atoms with E-state index in [4.69, 9.17) is 9.97 Å². The van der Waals surface area contributed by atoms with Crippen molar-refractivity contribution >= 4 is 58.1 Å². The standard InChI is InChI=1S/C45H32N4S/c1-50-33-19-17-32(18-20-33)45-40-27-25-38(48-40)43(30-13-7-3-8-14-30)36-23-21-34(46-36)42(29-11-5-2-6-12-29)35-22-24-37(47-35)44(31-15-9-4-10-16-31)39-26-28-41(45)49-39/h2-28,46,49H,1H3. The Labute approximate surface area is 295 Å². The van der Waals surface area contributed by atoms with E-state index in [9.17, 15) is 0 Å². The molecule has 50 heavy (non-hydrogen) atoms. The summed E-state index contributed by atoms with van der Waals surface area (Å²) in [5, 5.41) is 0. The van der Waals surface area contributed by atoms with Crippen LogP contribution in [-0.2, 0) is 0 Å². The molecular formula is C45H32N4S. The molecule has 5 heterocycles. The molecule has 4 aromatic carbocycles. The smallest absolute Gasteiger partial charge is 0.0737 e. The van der Waals surface area contributed by atoms with Gasteiger partial charge in [-0.15, -0.1) is 11.8 Å². The van der Waals surface area contributed by atoms with E-state index in [0.717, 1.165) is 89.4 Å². The highest BCUT2D eigenvalue weighted by Crippen LogP contribution is 2.38. The molecule has 0 aliphatic carbocycles. The zero-order valence-corrected chi connectivity index (χ0v) is 28.2. The third-order valence-corrected chi connectivity index (χ3v) is 10.1. The molecule has 2 N–H and O–H groups in total. The molecule has 0 spiro atoms. The van der Waals surface area contributed by atoms with Crippen LogP contribution in [-0.4, -0.2) is 26.2 Å². The number of aromatic amines is 2. The predicted octanol–water partition coefficient (Wildman–Crippen LogP) is 12.0. The van der Waals surface area contributed by atoms with Gasteiger partial charge in [-0.05, 0) is 89.2 Å². The normalized spacial score (nSPS) is 12.0. The Kier molecular flexibility index (Phi) is 7.60. The second kappa shape index (κ2) is 12.7. The highest BCUT2D eigenvalue weighted by molar-refractivity contribution is 7.98. The number of hydrogen-bond donors (Lipinski definition) is 2. The average molecular weight is 661 g/mol. The minimum Gasteiger partial charge on any atom is -0.354 e. The van der Waals surface area contributed by atoms with Crippen molar-refractivity contribution in [3.8, 4) is 44.5 Å². The summed E-state index contributed by atoms with van der Waals surface area (Å²) < 4.78 is 0. The first-order valence-corrected chi connectivity index (χ1v) is 17.9. The molecule has 3 aromatic heterocycles. The molecule has 5 heteroatoms. The lowest BCUT2D eigenvalue weighted by atomic mass is 10.0. The molecule has 0 unspecified atom stereocenters. The van der Waals surface area contributed by atoms with Crippen LogP contribution < -0.4 is 0 Å². The summed E-state index contributed by atoms with van der Waals surface area (Å²) in [6.07, 6.45) is 10.7. The molecule has 0 radical (unpaired) electrons. The van der Waals surface area contributed by atoms with E-state index in [1.54, 1.807) is 11.8 Å². The molecule has 0 saturated heterocycles. The van der Waals surface area contributed by atoms with E-state index >= 15 is 0 Å². The molecule has 2 aliphatic rings. The zero-order valence-electron chi connectivity index (χ0n) is 27.4. The minimum atomic E-state index is 0.906. The lowest BCUT2D eigenvalue weighted by Crippen LogP contribution is -1.89. The molecular weight excluding hydrogens is 629 g/mol. The van der Waals surface area contributed by atoms with Crippen molar-refractivity contribution in [1.29, 1.82) is 0 Å². The summed E-state index contributed by atoms with van der Waals surface area (Å²) in [4.78, 5) is 19.6. The van der Waals surface area contributed by atoms with E-state index in [-0.39, 0.29) is 0 Å². The molecule has 8 bridgehead atoms. The number of benzene rings is 4. The van der Waals surface area contributed by atoms with Crippen molar-refractivity contribution in [2.24, 2.45) is 0 Å². The van der Waals surface area contributed by atoms with Gasteiger partial charge in [0, 0.05) is 49.2 Å². The van der Waals surface area contributed by atoms with Gasteiger partial charge in [-0.1, -0.05) is 103 Å². The van der Waals surface area contributed by atoms with Crippen molar-refractivity contribution in [1.82, 2.24) is 19.9 Å². The molecule has 0 fully saturated rings. The monoisotopic (exact) mass is 660 g/mol. The molecule has 9 rings (SSSR count). The zero-order chi connectivity index (χ0) is 33.4. The summed E-state index contributed by atoms with van der Waals surface area (Å²) in [6, 6.07) is 49.0. The Morgan fingerprint density at radius 2 is 0.660 bits per heavy atom. The number of thioether (sulfide) groups is 1. The summed E-state index contributed by atoms with van der Waals surface area (Å²) in [5.41, 5.74) is 16.2. The second-order valence-corrected chi connectivity index (χ2v) is 13.2. The molecule has 0 amide bonds. The van der Waals surface area contributed by atoms with Crippen molar-refractivity contribution in [3.05, 3.63) is 162 Å². The number of H-pyrrole nitrogens is 2. The topological polar surface area (TPSA) is 57.4 Å². The van der Waals surface area contributed by atoms with E-state index in [1.807, 2.05) is 0 Å². The molecule has 0 atom stereocenters. The van der Waals surface area contributed by atoms with Gasteiger partial charge in [0.2, 0.25) is 0 Å². The van der Waals surface area contributed by atoms with Crippen LogP contribution in [0.5, 0.6) is 0 Å². The lowest BCUT2D eigenvalue weighted by Gasteiger charge is -2.07. The van der Waals surface area contributed by atoms with Gasteiger partial charge in [0.15, 0.2) is 0 Å². The van der Waals surface area contributed by atoms with E-state index < -0.39 is 0 Å². The van der Waals surface area contributed by atoms with Gasteiger partial charge < -0.3 is 9.97 Å². The number of nitrogens with zero attached hydrogens (tertiary/aromatic N) is 2. The van der Waals surface area contributed by atoms with Gasteiger partial charge in [-0.25, -0.2) is 9.97 Å². The summed E-state index contributed by atoms with van der Waals surface area (Å²) in [6.45, 7) is 0. The molecule has 0 saturated carbocycles. The summed E-state index contributed by atoms with van der Waals surface area (Å²) >= 11 is 1.74. The number of hydrogen-bond acceptors (Lipinski definition) is 3. The van der Waals surface area contributed by atoms with Crippen LogP contribution in [0, 0.1) is 0 Å². The molecule has 4 nitrogen and oxygen atoms in total. The van der Waals surface area contributed by atoms with E-state index in [2.05, 4.69) is 180 Å². The first-order chi connectivity index (χ1) is 24.7. The first kappa shape index (κ1) is 29.9. The van der Waals surface area contributed by atoms with Gasteiger partial charge in [0.25, 0.3) is 0 Å². The van der Waals surface area contributed by atoms with Gasteiger partial charge in [-0.2, -0.15) is 0 Å². The Hall–Kier alpha value is -6.17. The van der Waals surface area contributed by atoms with Crippen LogP contribution >= 0.6 is 11.8 Å². The number of rotatable bonds is 5. The third kappa shape index (κ3) is 5.38. The van der Waals surface area contributed by atoms with Crippen molar-refractivity contribution in [2.75, 3.05) is 6.26 Å². The molecule has 238 valence electrons. The number of fused-ring (bicyclic) bond motifs is 8. The van der Waals surface area contributed by atoms with Crippen LogP contribution in [0.4, 0.5) is 0 Å². The highest BCUT2D eigenvalue weighted by atomic mass is 32.2. The Bertz CT molecular complexity index is 2560. The van der Waals surface area contributed by atoms with Crippen LogP contribution in [0.1, 0.15) is 22.8 Å². The maximum atomic E-state index is 5.39. The maximum absolute atomic E-state index is 5.39. The van der Waals surface area contributed by atoms with Crippen LogP contribution in [0.15, 0.2) is 144 Å². The van der Waals surface area contributed by atoms with Crippen LogP contribution in [0.3, 0.4) is 0 Å². The van der Waals surface area contributed by atoms with Gasteiger partial charge in [-0.3, -0.25) is 0 Å². The minimum absolute atomic E-state index is 0.906. The summed E-state index contributed by atoms with van der Waals surface area (Å²) in [7, 11) is 0. The fourth-order valence-electron chi connectivity index (χ4n) is 6.99. The van der Waals surface area contributed by atoms with Crippen LogP contribution in [0.25, 0.3) is 90.9 Å². The van der Waals surface area contributed by atoms with Crippen molar-refractivity contribution in [2.45, 2.75) is 4.90 Å². The quantitative estimate of drug-likeness (QED) is 0.181. The fourth-order valence-corrected chi connectivity index (χ4v) is 7.40. The maximum Gasteiger partial charge on any atom is 0.0737 e. The SMILES string of the molecule is CSc1ccc(-c2c3nc(c(-c4ccccc4)c4ccc([nH]4)c(-c4ccccc4)c4nc(c(-c5ccccc5)c5ccc2[nH]5)C=C4)C=C3)cc1. The van der Waals surface area contributed by atoms with Crippen molar-refractivity contribution in [3.63, 3.8) is 0 Å². The van der Waals surface area contributed by atoms with Gasteiger partial charge in [0.05, 0.1) is 22.8 Å². The Morgan fingerprint density at radius 3 is 0.960 bits per heavy atom. The molecule has 2 aliphatic heterocycles. The second-order valence-electron chi connectivity index (χ2n) is 12.3. The van der Waals surface area contributed by atoms with E-state index in [1.165, 1.54) is 4.90 Å². The third-order valence-electron chi connectivity index (χ3n) is 9.32. The summed E-state index contributed by atoms with van der Waals surface area (Å²) in [5.74, 6) is 0. The number of nitrogens with one attached hydrogen (secondary N) is 2. The van der Waals surface area contributed by atoms with Gasteiger partial charge >= 0.3 is 0 Å². The lowest BCUT2D eigenvalue weighted by molar-refractivity contribution is 1.31. The predicted molar refractivity (Wildman–Crippen MR) is 212 cm³/mol. The Morgan fingerprint density at radius 1 is 0.360 bits per heavy atom. The average Bonchev–Trinajstić information content (AvgIpc) is 4.01. The molecule has 7 aromatic rings. The van der Waals surface area contributed by atoms with Gasteiger partial charge in [0.1, 0.15) is 0 Å². The van der Waals surface area contributed by atoms with E-state index in [0.29, 0.717) is 0 Å².